The quantitative estimate of drug-likeness (QED) is 0.887. The molecule has 0 radical (unpaired) electrons. The van der Waals surface area contributed by atoms with Crippen LogP contribution in [0.4, 0.5) is 0 Å². The lowest BCUT2D eigenvalue weighted by atomic mass is 10.0. The molecule has 0 aromatic heterocycles. The summed E-state index contributed by atoms with van der Waals surface area (Å²) in [7, 11) is 0. The third kappa shape index (κ3) is 3.67. The summed E-state index contributed by atoms with van der Waals surface area (Å²) in [4.78, 5) is 0. The summed E-state index contributed by atoms with van der Waals surface area (Å²) in [6.45, 7) is 0.580. The first-order chi connectivity index (χ1) is 10.8. The molecular weight excluding hydrogens is 284 g/mol. The van der Waals surface area contributed by atoms with E-state index in [2.05, 4.69) is 0 Å². The molecule has 5 atom stereocenters. The van der Waals surface area contributed by atoms with Gasteiger partial charge in [0.1, 0.15) is 6.10 Å². The predicted octanol–water partition coefficient (Wildman–Crippen LogP) is 1.78. The first-order valence-electron chi connectivity index (χ1n) is 8.04. The highest BCUT2D eigenvalue weighted by Crippen LogP contribution is 2.33. The zero-order chi connectivity index (χ0) is 15.4. The molecule has 2 N–H and O–H groups in total. The van der Waals surface area contributed by atoms with Crippen molar-refractivity contribution < 1.29 is 24.4 Å². The van der Waals surface area contributed by atoms with E-state index < -0.39 is 6.10 Å². The first-order valence-corrected chi connectivity index (χ1v) is 8.04. The second kappa shape index (κ2) is 7.53. The van der Waals surface area contributed by atoms with Crippen LogP contribution in [0, 0.1) is 0 Å². The number of hydrogen-bond donors (Lipinski definition) is 2. The number of fused-ring (bicyclic) bond motifs is 1. The molecule has 2 aliphatic rings. The van der Waals surface area contributed by atoms with Gasteiger partial charge >= 0.3 is 0 Å². The van der Waals surface area contributed by atoms with Crippen LogP contribution in [-0.4, -0.2) is 47.8 Å². The molecule has 0 bridgehead atoms. The van der Waals surface area contributed by atoms with Gasteiger partial charge in [-0.2, -0.15) is 0 Å². The summed E-state index contributed by atoms with van der Waals surface area (Å²) in [6.07, 6.45) is 1.37. The van der Waals surface area contributed by atoms with E-state index in [0.29, 0.717) is 25.9 Å². The Labute approximate surface area is 130 Å². The molecule has 0 unspecified atom stereocenters. The van der Waals surface area contributed by atoms with Crippen LogP contribution in [0.15, 0.2) is 30.3 Å². The highest BCUT2D eigenvalue weighted by molar-refractivity contribution is 5.16. The van der Waals surface area contributed by atoms with Crippen molar-refractivity contribution in [2.45, 2.75) is 56.4 Å². The van der Waals surface area contributed by atoms with Crippen LogP contribution < -0.4 is 0 Å². The number of aliphatic hydroxyl groups is 2. The Morgan fingerprint density at radius 3 is 2.64 bits per heavy atom. The van der Waals surface area contributed by atoms with Gasteiger partial charge in [-0.25, -0.2) is 0 Å². The minimum absolute atomic E-state index is 0.0623. The molecular formula is C17H24O5. The van der Waals surface area contributed by atoms with E-state index in [-0.39, 0.29) is 31.2 Å². The zero-order valence-corrected chi connectivity index (χ0v) is 12.6. The summed E-state index contributed by atoms with van der Waals surface area (Å²) in [5.41, 5.74) is 1.00. The van der Waals surface area contributed by atoms with Gasteiger partial charge in [-0.1, -0.05) is 30.3 Å². The van der Waals surface area contributed by atoms with E-state index in [4.69, 9.17) is 19.3 Å². The summed E-state index contributed by atoms with van der Waals surface area (Å²) in [6, 6.07) is 9.87. The van der Waals surface area contributed by atoms with Gasteiger partial charge in [-0.3, -0.25) is 0 Å². The topological polar surface area (TPSA) is 68.2 Å². The molecule has 0 saturated carbocycles. The molecule has 1 aromatic rings. The van der Waals surface area contributed by atoms with Crippen molar-refractivity contribution in [3.05, 3.63) is 35.9 Å². The normalized spacial score (nSPS) is 35.6. The van der Waals surface area contributed by atoms with Gasteiger partial charge in [0.2, 0.25) is 0 Å². The summed E-state index contributed by atoms with van der Waals surface area (Å²) < 4.78 is 17.9. The van der Waals surface area contributed by atoms with Crippen LogP contribution in [0.1, 0.15) is 37.5 Å². The molecule has 2 aliphatic heterocycles. The number of hydrogen-bond acceptors (Lipinski definition) is 5. The molecule has 22 heavy (non-hydrogen) atoms. The molecule has 2 saturated heterocycles. The minimum atomic E-state index is -0.504. The van der Waals surface area contributed by atoms with E-state index in [0.717, 1.165) is 12.0 Å². The van der Waals surface area contributed by atoms with Crippen LogP contribution in [0.5, 0.6) is 0 Å². The lowest BCUT2D eigenvalue weighted by Crippen LogP contribution is -2.43. The van der Waals surface area contributed by atoms with Gasteiger partial charge in [0, 0.05) is 12.2 Å². The molecule has 0 spiro atoms. The third-order valence-electron chi connectivity index (χ3n) is 4.37. The smallest absolute Gasteiger partial charge is 0.184 e. The molecule has 0 aliphatic carbocycles. The van der Waals surface area contributed by atoms with Crippen LogP contribution in [0.3, 0.4) is 0 Å². The fraction of sp³-hybridized carbons (Fsp3) is 0.647. The van der Waals surface area contributed by atoms with Gasteiger partial charge in [0.15, 0.2) is 6.29 Å². The zero-order valence-electron chi connectivity index (χ0n) is 12.6. The van der Waals surface area contributed by atoms with E-state index in [1.807, 2.05) is 30.3 Å². The standard InChI is InChI=1S/C17H24O5/c18-10-4-7-14-13(19)8-9-15-16(21-14)11-20-17(22-15)12-5-2-1-3-6-12/h1-3,5-6,13-19H,4,7-11H2/t13-,14+,15+,16-,17-/m1/s1. The number of ether oxygens (including phenoxy) is 3. The maximum absolute atomic E-state index is 10.2. The Morgan fingerprint density at radius 1 is 1.05 bits per heavy atom. The maximum Gasteiger partial charge on any atom is 0.184 e. The van der Waals surface area contributed by atoms with Gasteiger partial charge in [-0.05, 0) is 25.7 Å². The second-order valence-corrected chi connectivity index (χ2v) is 5.97. The van der Waals surface area contributed by atoms with Crippen molar-refractivity contribution in [2.24, 2.45) is 0 Å². The largest absolute Gasteiger partial charge is 0.396 e. The molecule has 2 fully saturated rings. The lowest BCUT2D eigenvalue weighted by Gasteiger charge is -2.36. The van der Waals surface area contributed by atoms with Gasteiger partial charge in [-0.15, -0.1) is 0 Å². The van der Waals surface area contributed by atoms with E-state index in [9.17, 15) is 5.11 Å². The first kappa shape index (κ1) is 15.9. The molecule has 3 rings (SSSR count). The summed E-state index contributed by atoms with van der Waals surface area (Å²) in [5, 5.41) is 19.2. The van der Waals surface area contributed by atoms with Crippen molar-refractivity contribution in [1.82, 2.24) is 0 Å². The number of aliphatic hydroxyl groups excluding tert-OH is 2. The van der Waals surface area contributed by atoms with E-state index >= 15 is 0 Å². The molecule has 2 heterocycles. The molecule has 0 amide bonds. The Hall–Kier alpha value is -0.980. The van der Waals surface area contributed by atoms with Gasteiger partial charge in [0.05, 0.1) is 24.9 Å². The lowest BCUT2D eigenvalue weighted by molar-refractivity contribution is -0.270. The molecule has 5 nitrogen and oxygen atoms in total. The van der Waals surface area contributed by atoms with Crippen LogP contribution in [0.2, 0.25) is 0 Å². The SMILES string of the molecule is OCCC[C@@H]1O[C@@H]2CO[C@@H](c3ccccc3)O[C@H]2CC[C@H]1O. The third-order valence-corrected chi connectivity index (χ3v) is 4.37. The maximum atomic E-state index is 10.2. The average Bonchev–Trinajstić information content (AvgIpc) is 2.72. The summed E-state index contributed by atoms with van der Waals surface area (Å²) >= 11 is 0. The van der Waals surface area contributed by atoms with Crippen LogP contribution in [0.25, 0.3) is 0 Å². The van der Waals surface area contributed by atoms with Crippen molar-refractivity contribution in [3.63, 3.8) is 0 Å². The van der Waals surface area contributed by atoms with Crippen LogP contribution >= 0.6 is 0 Å². The Kier molecular flexibility index (Phi) is 5.44. The van der Waals surface area contributed by atoms with Crippen molar-refractivity contribution >= 4 is 0 Å². The highest BCUT2D eigenvalue weighted by Gasteiger charge is 2.39. The number of rotatable bonds is 4. The fourth-order valence-electron chi connectivity index (χ4n) is 3.13. The fourth-order valence-corrected chi connectivity index (χ4v) is 3.13. The van der Waals surface area contributed by atoms with Crippen LogP contribution in [-0.2, 0) is 14.2 Å². The van der Waals surface area contributed by atoms with Crippen molar-refractivity contribution in [3.8, 4) is 0 Å². The summed E-state index contributed by atoms with van der Waals surface area (Å²) in [5.74, 6) is 0. The van der Waals surface area contributed by atoms with E-state index in [1.54, 1.807) is 0 Å². The minimum Gasteiger partial charge on any atom is -0.396 e. The Bertz CT molecular complexity index is 452. The Balaban J connectivity index is 1.63. The van der Waals surface area contributed by atoms with Crippen molar-refractivity contribution in [2.75, 3.05) is 13.2 Å². The number of benzene rings is 1. The molecule has 122 valence electrons. The average molecular weight is 308 g/mol. The van der Waals surface area contributed by atoms with E-state index in [1.165, 1.54) is 0 Å². The second-order valence-electron chi connectivity index (χ2n) is 5.97. The molecule has 1 aromatic carbocycles. The van der Waals surface area contributed by atoms with Gasteiger partial charge in [0.25, 0.3) is 0 Å². The highest BCUT2D eigenvalue weighted by atomic mass is 16.7. The monoisotopic (exact) mass is 308 g/mol. The Morgan fingerprint density at radius 2 is 1.86 bits per heavy atom. The predicted molar refractivity (Wildman–Crippen MR) is 80.2 cm³/mol. The van der Waals surface area contributed by atoms with Crippen molar-refractivity contribution in [1.29, 1.82) is 0 Å². The van der Waals surface area contributed by atoms with Gasteiger partial charge < -0.3 is 24.4 Å². The molecule has 5 heteroatoms.